The molecule has 3 aromatic rings. The summed E-state index contributed by atoms with van der Waals surface area (Å²) in [5.41, 5.74) is 1.60. The Balaban J connectivity index is 1.55. The van der Waals surface area contributed by atoms with Crippen LogP contribution in [0.3, 0.4) is 0 Å². The molecule has 0 bridgehead atoms. The lowest BCUT2D eigenvalue weighted by atomic mass is 10.1. The maximum atomic E-state index is 13.4. The number of hydrogen-bond donors (Lipinski definition) is 0. The standard InChI is InChI=1S/C18H19FN6/c1-11-6-17(23-12(2)22-11)25-8-14(9-25)24(3)18-15-5-4-13(19)7-16(15)20-10-21-18/h4-7,10,14H,8-9H2,1-3H3. The number of fused-ring (bicyclic) bond motifs is 1. The van der Waals surface area contributed by atoms with Crippen LogP contribution >= 0.6 is 0 Å². The maximum Gasteiger partial charge on any atom is 0.139 e. The summed E-state index contributed by atoms with van der Waals surface area (Å²) in [4.78, 5) is 21.8. The van der Waals surface area contributed by atoms with Crippen molar-refractivity contribution in [3.8, 4) is 0 Å². The first kappa shape index (κ1) is 15.7. The summed E-state index contributed by atoms with van der Waals surface area (Å²) in [5.74, 6) is 2.29. The number of benzene rings is 1. The maximum absolute atomic E-state index is 13.4. The van der Waals surface area contributed by atoms with E-state index < -0.39 is 0 Å². The Morgan fingerprint density at radius 1 is 1.12 bits per heavy atom. The Kier molecular flexibility index (Phi) is 3.71. The lowest BCUT2D eigenvalue weighted by Crippen LogP contribution is -2.59. The molecule has 2 aromatic heterocycles. The van der Waals surface area contributed by atoms with Gasteiger partial charge in [0.15, 0.2) is 0 Å². The van der Waals surface area contributed by atoms with E-state index in [1.807, 2.05) is 27.0 Å². The van der Waals surface area contributed by atoms with Crippen LogP contribution in [-0.2, 0) is 0 Å². The fraction of sp³-hybridized carbons (Fsp3) is 0.333. The van der Waals surface area contributed by atoms with Gasteiger partial charge in [-0.3, -0.25) is 0 Å². The largest absolute Gasteiger partial charge is 0.353 e. The molecule has 1 saturated heterocycles. The Morgan fingerprint density at radius 3 is 2.68 bits per heavy atom. The molecular weight excluding hydrogens is 319 g/mol. The van der Waals surface area contributed by atoms with E-state index >= 15 is 0 Å². The normalized spacial score (nSPS) is 14.6. The smallest absolute Gasteiger partial charge is 0.139 e. The highest BCUT2D eigenvalue weighted by molar-refractivity contribution is 5.89. The first-order valence-electron chi connectivity index (χ1n) is 8.21. The number of nitrogens with zero attached hydrogens (tertiary/aromatic N) is 6. The van der Waals surface area contributed by atoms with Crippen LogP contribution in [0.4, 0.5) is 16.0 Å². The van der Waals surface area contributed by atoms with Gasteiger partial charge in [0.25, 0.3) is 0 Å². The van der Waals surface area contributed by atoms with Crippen molar-refractivity contribution in [3.63, 3.8) is 0 Å². The van der Waals surface area contributed by atoms with Gasteiger partial charge < -0.3 is 9.80 Å². The minimum atomic E-state index is -0.288. The van der Waals surface area contributed by atoms with Crippen molar-refractivity contribution in [3.05, 3.63) is 47.9 Å². The fourth-order valence-electron chi connectivity index (χ4n) is 3.22. The van der Waals surface area contributed by atoms with Gasteiger partial charge in [-0.05, 0) is 26.0 Å². The zero-order chi connectivity index (χ0) is 17.6. The molecule has 0 spiro atoms. The number of likely N-dealkylation sites (N-methyl/N-ethyl adjacent to an activating group) is 1. The summed E-state index contributed by atoms with van der Waals surface area (Å²) in [6.07, 6.45) is 1.49. The molecular formula is C18H19FN6. The number of rotatable bonds is 3. The minimum absolute atomic E-state index is 0.288. The molecule has 1 aromatic carbocycles. The molecule has 1 fully saturated rings. The summed E-state index contributed by atoms with van der Waals surface area (Å²) < 4.78 is 13.4. The Morgan fingerprint density at radius 2 is 1.92 bits per heavy atom. The second-order valence-corrected chi connectivity index (χ2v) is 6.44. The molecule has 0 radical (unpaired) electrons. The third-order valence-corrected chi connectivity index (χ3v) is 4.60. The monoisotopic (exact) mass is 338 g/mol. The van der Waals surface area contributed by atoms with Gasteiger partial charge in [0.05, 0.1) is 11.6 Å². The predicted molar refractivity (Wildman–Crippen MR) is 95.4 cm³/mol. The van der Waals surface area contributed by atoms with Gasteiger partial charge in [0.1, 0.15) is 29.6 Å². The third kappa shape index (κ3) is 2.86. The molecule has 0 saturated carbocycles. The van der Waals surface area contributed by atoms with Crippen LogP contribution in [0.1, 0.15) is 11.5 Å². The first-order chi connectivity index (χ1) is 12.0. The number of aryl methyl sites for hydroxylation is 2. The molecule has 0 aliphatic carbocycles. The third-order valence-electron chi connectivity index (χ3n) is 4.60. The summed E-state index contributed by atoms with van der Waals surface area (Å²) in [6, 6.07) is 6.95. The van der Waals surface area contributed by atoms with Crippen LogP contribution in [0.5, 0.6) is 0 Å². The van der Waals surface area contributed by atoms with Crippen LogP contribution in [0.15, 0.2) is 30.6 Å². The highest BCUT2D eigenvalue weighted by atomic mass is 19.1. The Labute approximate surface area is 145 Å². The van der Waals surface area contributed by atoms with Gasteiger partial charge in [-0.25, -0.2) is 24.3 Å². The fourth-order valence-corrected chi connectivity index (χ4v) is 3.22. The second kappa shape index (κ2) is 5.91. The molecule has 1 aliphatic heterocycles. The lowest BCUT2D eigenvalue weighted by Gasteiger charge is -2.45. The number of hydrogen-bond acceptors (Lipinski definition) is 6. The summed E-state index contributed by atoms with van der Waals surface area (Å²) in [6.45, 7) is 5.61. The van der Waals surface area contributed by atoms with E-state index in [0.717, 1.165) is 41.6 Å². The second-order valence-electron chi connectivity index (χ2n) is 6.44. The van der Waals surface area contributed by atoms with Crippen molar-refractivity contribution in [1.29, 1.82) is 0 Å². The summed E-state index contributed by atoms with van der Waals surface area (Å²) >= 11 is 0. The summed E-state index contributed by atoms with van der Waals surface area (Å²) in [5, 5.41) is 0.860. The van der Waals surface area contributed by atoms with Gasteiger partial charge in [-0.2, -0.15) is 0 Å². The minimum Gasteiger partial charge on any atom is -0.353 e. The topological polar surface area (TPSA) is 58.0 Å². The van der Waals surface area contributed by atoms with Crippen LogP contribution in [0, 0.1) is 19.7 Å². The first-order valence-corrected chi connectivity index (χ1v) is 8.21. The van der Waals surface area contributed by atoms with E-state index in [0.29, 0.717) is 11.6 Å². The highest BCUT2D eigenvalue weighted by Crippen LogP contribution is 2.28. The molecule has 128 valence electrons. The average molecular weight is 338 g/mol. The van der Waals surface area contributed by atoms with Crippen LogP contribution in [-0.4, -0.2) is 46.1 Å². The van der Waals surface area contributed by atoms with Gasteiger partial charge in [-0.15, -0.1) is 0 Å². The zero-order valence-electron chi connectivity index (χ0n) is 14.4. The van der Waals surface area contributed by atoms with Gasteiger partial charge in [0.2, 0.25) is 0 Å². The molecule has 0 N–H and O–H groups in total. The SMILES string of the molecule is Cc1cc(N2CC(N(C)c3ncnc4cc(F)ccc34)C2)nc(C)n1. The van der Waals surface area contributed by atoms with Crippen molar-refractivity contribution in [1.82, 2.24) is 19.9 Å². The lowest BCUT2D eigenvalue weighted by molar-refractivity contribution is 0.489. The van der Waals surface area contributed by atoms with Gasteiger partial charge in [-0.1, -0.05) is 0 Å². The average Bonchev–Trinajstić information content (AvgIpc) is 2.51. The van der Waals surface area contributed by atoms with E-state index in [-0.39, 0.29) is 5.82 Å². The predicted octanol–water partition coefficient (Wildman–Crippen LogP) is 2.50. The van der Waals surface area contributed by atoms with E-state index in [2.05, 4.69) is 29.7 Å². The number of anilines is 2. The van der Waals surface area contributed by atoms with Crippen molar-refractivity contribution < 1.29 is 4.39 Å². The van der Waals surface area contributed by atoms with E-state index in [1.54, 1.807) is 6.07 Å². The number of halogens is 1. The zero-order valence-corrected chi connectivity index (χ0v) is 14.4. The van der Waals surface area contributed by atoms with Crippen molar-refractivity contribution in [2.75, 3.05) is 29.9 Å². The molecule has 0 atom stereocenters. The molecule has 25 heavy (non-hydrogen) atoms. The van der Waals surface area contributed by atoms with Crippen LogP contribution in [0.2, 0.25) is 0 Å². The summed E-state index contributed by atoms with van der Waals surface area (Å²) in [7, 11) is 2.02. The molecule has 1 aliphatic rings. The van der Waals surface area contributed by atoms with Crippen molar-refractivity contribution in [2.45, 2.75) is 19.9 Å². The molecule has 0 amide bonds. The van der Waals surface area contributed by atoms with Crippen molar-refractivity contribution in [2.24, 2.45) is 0 Å². The van der Waals surface area contributed by atoms with Crippen LogP contribution in [0.25, 0.3) is 10.9 Å². The van der Waals surface area contributed by atoms with Crippen LogP contribution < -0.4 is 9.80 Å². The Hall–Kier alpha value is -2.83. The molecule has 6 nitrogen and oxygen atoms in total. The van der Waals surface area contributed by atoms with Gasteiger partial charge >= 0.3 is 0 Å². The van der Waals surface area contributed by atoms with Crippen molar-refractivity contribution >= 4 is 22.5 Å². The van der Waals surface area contributed by atoms with E-state index in [4.69, 9.17) is 0 Å². The molecule has 3 heterocycles. The Bertz CT molecular complexity index is 918. The van der Waals surface area contributed by atoms with E-state index in [9.17, 15) is 4.39 Å². The number of aromatic nitrogens is 4. The molecule has 4 rings (SSSR count). The highest BCUT2D eigenvalue weighted by Gasteiger charge is 2.32. The molecule has 0 unspecified atom stereocenters. The quantitative estimate of drug-likeness (QED) is 0.731. The van der Waals surface area contributed by atoms with Gasteiger partial charge in [0, 0.05) is 43.4 Å². The molecule has 7 heteroatoms. The van der Waals surface area contributed by atoms with E-state index in [1.165, 1.54) is 18.5 Å².